The number of rotatable bonds is 8. The summed E-state index contributed by atoms with van der Waals surface area (Å²) in [5.74, 6) is 5.21. The third-order valence-corrected chi connectivity index (χ3v) is 20.3. The summed E-state index contributed by atoms with van der Waals surface area (Å²) < 4.78 is 17.4. The van der Waals surface area contributed by atoms with Gasteiger partial charge in [0.15, 0.2) is 5.65 Å². The average Bonchev–Trinajstić information content (AvgIpc) is 1.63. The molecular formula is C106H135N9O5S. The monoisotopic (exact) mass is 1650 g/mol. The Hall–Kier alpha value is -11.9. The second-order valence-corrected chi connectivity index (χ2v) is 33.2. The molecule has 14 nitrogen and oxygen atoms in total. The molecule has 121 heavy (non-hydrogen) atoms. The van der Waals surface area contributed by atoms with Gasteiger partial charge < -0.3 is 28.8 Å². The van der Waals surface area contributed by atoms with E-state index in [9.17, 15) is 9.59 Å². The predicted molar refractivity (Wildman–Crippen MR) is 517 cm³/mol. The Bertz CT molecular complexity index is 5300. The van der Waals surface area contributed by atoms with Crippen molar-refractivity contribution in [3.63, 3.8) is 0 Å². The number of amides is 1. The summed E-state index contributed by atoms with van der Waals surface area (Å²) in [5, 5.41) is 15.3. The van der Waals surface area contributed by atoms with Gasteiger partial charge in [0.05, 0.1) is 23.4 Å². The number of nitrogens with zero attached hydrogens (tertiary/aromatic N) is 6. The lowest BCUT2D eigenvalue weighted by molar-refractivity contribution is -0.114. The Labute approximate surface area is 727 Å². The molecule has 0 radical (unpaired) electrons. The number of allylic oxidation sites excluding steroid dienone is 2. The summed E-state index contributed by atoms with van der Waals surface area (Å²) in [7, 11) is 4.11. The lowest BCUT2D eigenvalue weighted by Gasteiger charge is -2.35. The molecule has 8 heterocycles. The summed E-state index contributed by atoms with van der Waals surface area (Å²) in [5.41, 5.74) is 23.6. The van der Waals surface area contributed by atoms with Gasteiger partial charge in [-0.1, -0.05) is 221 Å². The molecule has 7 aromatic heterocycles. The Morgan fingerprint density at radius 1 is 0.636 bits per heavy atom. The van der Waals surface area contributed by atoms with Crippen molar-refractivity contribution < 1.29 is 18.4 Å². The summed E-state index contributed by atoms with van der Waals surface area (Å²) in [4.78, 5) is 37.2. The molecule has 14 aromatic rings. The van der Waals surface area contributed by atoms with Crippen LogP contribution >= 0.6 is 11.3 Å². The molecule has 15 heteroatoms. The number of thiophene rings is 1. The molecule has 0 spiro atoms. The lowest BCUT2D eigenvalue weighted by atomic mass is 9.70. The van der Waals surface area contributed by atoms with Gasteiger partial charge in [-0.15, -0.1) is 11.3 Å². The fourth-order valence-electron chi connectivity index (χ4n) is 11.9. The zero-order valence-electron chi connectivity index (χ0n) is 76.4. The SMILES string of the molecule is C=C1C=CC(C)=NN1.CC(=O)Nc1ccc(C(C)C)cc1.CC1CCC(C(C)(C)C)CC1.CCCC.CCc1ccc(N(C)C)cc1.Cc1cc2ccccc2[nH]1.Cc1cc2ccccc2oc1=O.Cc1cc2ncc(C)c(C)n2n1.Cc1ccc(-c2cccc(C)c2)nc1.Cc1cccc(Oc2ccccc2)c1.Cc1ccco1.Cc1cccs1. The molecule has 1 aliphatic carbocycles. The molecule has 0 unspecified atom stereocenters. The van der Waals surface area contributed by atoms with Crippen molar-refractivity contribution in [2.45, 2.75) is 196 Å². The van der Waals surface area contributed by atoms with Gasteiger partial charge in [-0.25, -0.2) is 14.3 Å². The van der Waals surface area contributed by atoms with Crippen LogP contribution in [0.3, 0.4) is 0 Å². The van der Waals surface area contributed by atoms with Gasteiger partial charge in [-0.2, -0.15) is 10.2 Å². The molecule has 16 rings (SSSR count). The van der Waals surface area contributed by atoms with Crippen LogP contribution < -0.4 is 26.0 Å². The third kappa shape index (κ3) is 39.2. The lowest BCUT2D eigenvalue weighted by Crippen LogP contribution is -2.24. The van der Waals surface area contributed by atoms with E-state index < -0.39 is 0 Å². The molecule has 7 aromatic carbocycles. The number of carbonyl (C=O) groups excluding carboxylic acids is 1. The molecule has 2 aliphatic rings. The first-order chi connectivity index (χ1) is 57.7. The van der Waals surface area contributed by atoms with Crippen LogP contribution in [0.2, 0.25) is 0 Å². The van der Waals surface area contributed by atoms with E-state index in [2.05, 4.69) is 267 Å². The number of para-hydroxylation sites is 3. The molecule has 1 aliphatic heterocycles. The van der Waals surface area contributed by atoms with Gasteiger partial charge in [0.2, 0.25) is 5.91 Å². The summed E-state index contributed by atoms with van der Waals surface area (Å²) in [6.45, 7) is 47.5. The maximum absolute atomic E-state index is 11.1. The highest BCUT2D eigenvalue weighted by Crippen LogP contribution is 2.39. The van der Waals surface area contributed by atoms with E-state index in [1.165, 1.54) is 112 Å². The zero-order chi connectivity index (χ0) is 88.8. The van der Waals surface area contributed by atoms with Gasteiger partial charge in [0.25, 0.3) is 0 Å². The molecule has 1 fully saturated rings. The fraction of sp³-hybridized carbons (Fsp3) is 0.321. The minimum absolute atomic E-state index is 0.0303. The zero-order valence-corrected chi connectivity index (χ0v) is 77.2. The minimum Gasteiger partial charge on any atom is -0.470 e. The van der Waals surface area contributed by atoms with Gasteiger partial charge >= 0.3 is 5.63 Å². The van der Waals surface area contributed by atoms with E-state index in [0.717, 1.165) is 80.7 Å². The van der Waals surface area contributed by atoms with E-state index in [0.29, 0.717) is 22.5 Å². The van der Waals surface area contributed by atoms with E-state index >= 15 is 0 Å². The van der Waals surface area contributed by atoms with Crippen LogP contribution in [0.25, 0.3) is 38.8 Å². The van der Waals surface area contributed by atoms with Crippen LogP contribution in [0, 0.1) is 86.5 Å². The van der Waals surface area contributed by atoms with Crippen LogP contribution in [0.15, 0.2) is 298 Å². The predicted octanol–water partition coefficient (Wildman–Crippen LogP) is 28.8. The standard InChI is InChI=1S/C13H13N.C13H12O.C11H15NO.C11H22.C10H15N.C10H8O2.C9H11N3.C9H9N.C6H8N2.C5H6O.C5H6S.C4H10/c1-10-4-3-5-12(8-10)13-7-6-11(2)9-14-13;1-11-6-5-9-13(10-11)14-12-7-3-2-4-8-12;1-8(2)10-4-6-11(7-5-10)12-9(3)13;1-9-5-7-10(8-6-9)11(2,3)4;1-4-9-5-7-10(8-6-9)11(2)3;1-7-6-8-4-2-3-5-9(8)12-10(7)11;1-6-5-10-9-4-7(2)11-12(9)8(6)3;1-7-6-8-4-2-3-5-9(8)10-7;1-5-3-4-6(2)8-7-5;2*1-5-3-2-4-6-5;1-3-4-2/h3-9H,1-2H3;2-10H,1H3;4-8H,1-3H3,(H,12,13);9-10H,5-8H2,1-4H3;5-8H,4H2,1-3H3;2-6H,1H3;4-5H,1-3H3;2-6,10H,1H3;3-4,7H,1H2,2H3;2*2-4H,1H3;3-4H2,1-2H3. The Balaban J connectivity index is 0.000000237. The smallest absolute Gasteiger partial charge is 0.339 e. The number of fused-ring (bicyclic) bond motifs is 3. The number of nitrogens with one attached hydrogen (secondary N) is 3. The first-order valence-corrected chi connectivity index (χ1v) is 43.0. The van der Waals surface area contributed by atoms with Crippen molar-refractivity contribution in [2.24, 2.45) is 22.4 Å². The first kappa shape index (κ1) is 99.6. The number of H-pyrrole nitrogens is 1. The van der Waals surface area contributed by atoms with Crippen molar-refractivity contribution >= 4 is 61.8 Å². The molecular weight excluding hydrogens is 1510 g/mol. The average molecular weight is 1650 g/mol. The van der Waals surface area contributed by atoms with Crippen LogP contribution in [0.5, 0.6) is 11.5 Å². The maximum atomic E-state index is 11.1. The Morgan fingerprint density at radius 2 is 1.27 bits per heavy atom. The van der Waals surface area contributed by atoms with Crippen LogP contribution in [-0.2, 0) is 11.2 Å². The number of hydrazone groups is 1. The number of anilines is 2. The van der Waals surface area contributed by atoms with Crippen LogP contribution in [-0.4, -0.2) is 50.3 Å². The number of ether oxygens (including phenoxy) is 1. The fourth-order valence-corrected chi connectivity index (χ4v) is 12.4. The minimum atomic E-state index is -0.256. The highest BCUT2D eigenvalue weighted by molar-refractivity contribution is 7.09. The molecule has 3 N–H and O–H groups in total. The first-order valence-electron chi connectivity index (χ1n) is 42.2. The quantitative estimate of drug-likeness (QED) is 0.125. The number of carbonyl (C=O) groups is 1. The third-order valence-electron chi connectivity index (χ3n) is 19.5. The number of aromatic nitrogens is 5. The Kier molecular flexibility index (Phi) is 44.1. The number of hydrogen-bond donors (Lipinski definition) is 3. The van der Waals surface area contributed by atoms with Gasteiger partial charge in [-0.05, 0) is 272 Å². The van der Waals surface area contributed by atoms with Gasteiger partial charge in [-0.3, -0.25) is 15.2 Å². The molecule has 0 saturated heterocycles. The van der Waals surface area contributed by atoms with Crippen molar-refractivity contribution in [1.29, 1.82) is 0 Å². The number of hydrogen-bond acceptors (Lipinski definition) is 12. The van der Waals surface area contributed by atoms with Crippen LogP contribution in [0.1, 0.15) is 187 Å². The van der Waals surface area contributed by atoms with Crippen molar-refractivity contribution in [2.75, 3.05) is 24.3 Å². The molecule has 1 saturated carbocycles. The number of pyridine rings is 1. The highest BCUT2D eigenvalue weighted by atomic mass is 32.1. The number of aromatic amines is 1. The molecule has 640 valence electrons. The number of unbranched alkanes of at least 4 members (excludes halogenated alkanes) is 1. The van der Waals surface area contributed by atoms with Crippen molar-refractivity contribution in [3.05, 3.63) is 356 Å². The van der Waals surface area contributed by atoms with E-state index in [1.54, 1.807) is 30.6 Å². The van der Waals surface area contributed by atoms with Crippen LogP contribution in [0.4, 0.5) is 11.4 Å². The largest absolute Gasteiger partial charge is 0.470 e. The maximum Gasteiger partial charge on any atom is 0.339 e. The molecule has 1 amide bonds. The second-order valence-electron chi connectivity index (χ2n) is 32.1. The van der Waals surface area contributed by atoms with E-state index in [4.69, 9.17) is 13.6 Å². The normalized spacial score (nSPS) is 12.6. The Morgan fingerprint density at radius 3 is 1.79 bits per heavy atom. The molecule has 0 bridgehead atoms. The van der Waals surface area contributed by atoms with E-state index in [1.807, 2.05) is 185 Å². The number of benzene rings is 7. The van der Waals surface area contributed by atoms with E-state index in [-0.39, 0.29) is 11.5 Å². The topological polar surface area (TPSA) is 168 Å². The van der Waals surface area contributed by atoms with Gasteiger partial charge in [0, 0.05) is 94.8 Å². The summed E-state index contributed by atoms with van der Waals surface area (Å²) in [6.07, 6.45) is 18.9. The highest BCUT2D eigenvalue weighted by Gasteiger charge is 2.28. The van der Waals surface area contributed by atoms with Crippen molar-refractivity contribution in [1.82, 2.24) is 30.0 Å². The van der Waals surface area contributed by atoms with Crippen molar-refractivity contribution in [3.8, 4) is 22.8 Å². The number of aryl methyl sites for hydroxylation is 11. The molecule has 0 atom stereocenters. The number of furan rings is 1. The van der Waals surface area contributed by atoms with Gasteiger partial charge in [0.1, 0.15) is 22.8 Å². The summed E-state index contributed by atoms with van der Waals surface area (Å²) >= 11 is 1.78. The second kappa shape index (κ2) is 53.6. The summed E-state index contributed by atoms with van der Waals surface area (Å²) in [6, 6.07) is 76.6.